The summed E-state index contributed by atoms with van der Waals surface area (Å²) in [5.74, 6) is 1.30. The third kappa shape index (κ3) is 5.18. The number of hydrogen-bond donors (Lipinski definition) is 1. The van der Waals surface area contributed by atoms with E-state index in [0.29, 0.717) is 37.7 Å². The van der Waals surface area contributed by atoms with E-state index in [0.717, 1.165) is 12.0 Å². The average Bonchev–Trinajstić information content (AvgIpc) is 3.11. The third-order valence-corrected chi connectivity index (χ3v) is 4.88. The van der Waals surface area contributed by atoms with Gasteiger partial charge in [-0.25, -0.2) is 0 Å². The van der Waals surface area contributed by atoms with Crippen LogP contribution in [0.25, 0.3) is 0 Å². The van der Waals surface area contributed by atoms with Crippen molar-refractivity contribution in [2.75, 3.05) is 19.8 Å². The summed E-state index contributed by atoms with van der Waals surface area (Å²) in [6, 6.07) is 5.12. The van der Waals surface area contributed by atoms with Gasteiger partial charge in [0.1, 0.15) is 6.04 Å². The van der Waals surface area contributed by atoms with Gasteiger partial charge in [-0.2, -0.15) is 0 Å². The lowest BCUT2D eigenvalue weighted by Gasteiger charge is -2.31. The molecule has 2 rings (SSSR count). The maximum absolute atomic E-state index is 12.9. The molecule has 0 radical (unpaired) electrons. The van der Waals surface area contributed by atoms with E-state index in [2.05, 4.69) is 5.32 Å². The smallest absolute Gasteiger partial charge is 0.243 e. The molecule has 156 valence electrons. The highest BCUT2D eigenvalue weighted by Gasteiger charge is 2.38. The lowest BCUT2D eigenvalue weighted by atomic mass is 9.94. The molecular formula is C22H34N2O4. The van der Waals surface area contributed by atoms with Gasteiger partial charge in [-0.15, -0.1) is 0 Å². The van der Waals surface area contributed by atoms with Crippen LogP contribution in [0.3, 0.4) is 0 Å². The monoisotopic (exact) mass is 390 g/mol. The number of nitrogens with one attached hydrogen (secondary N) is 1. The van der Waals surface area contributed by atoms with Crippen LogP contribution in [-0.4, -0.2) is 42.5 Å². The van der Waals surface area contributed by atoms with Crippen molar-refractivity contribution in [3.8, 4) is 11.5 Å². The van der Waals surface area contributed by atoms with Crippen LogP contribution in [0.4, 0.5) is 0 Å². The van der Waals surface area contributed by atoms with Crippen LogP contribution in [0, 0.1) is 5.41 Å². The number of carbonyl (C=O) groups is 2. The summed E-state index contributed by atoms with van der Waals surface area (Å²) in [7, 11) is 0. The van der Waals surface area contributed by atoms with Crippen molar-refractivity contribution in [3.05, 3.63) is 23.8 Å². The Hall–Kier alpha value is -2.24. The first kappa shape index (κ1) is 22.1. The van der Waals surface area contributed by atoms with Crippen molar-refractivity contribution >= 4 is 11.8 Å². The number of carbonyl (C=O) groups excluding carboxylic acids is 2. The van der Waals surface area contributed by atoms with Crippen LogP contribution in [0.1, 0.15) is 66.0 Å². The molecule has 0 saturated carbocycles. The molecule has 1 aromatic carbocycles. The van der Waals surface area contributed by atoms with Crippen molar-refractivity contribution < 1.29 is 19.1 Å². The van der Waals surface area contributed by atoms with Crippen LogP contribution in [-0.2, 0) is 9.59 Å². The molecular weight excluding hydrogens is 356 g/mol. The molecule has 1 aliphatic heterocycles. The van der Waals surface area contributed by atoms with Crippen LogP contribution in [0.15, 0.2) is 18.2 Å². The lowest BCUT2D eigenvalue weighted by molar-refractivity contribution is -0.144. The van der Waals surface area contributed by atoms with Crippen molar-refractivity contribution in [1.82, 2.24) is 10.2 Å². The molecule has 2 amide bonds. The number of nitrogens with zero attached hydrogens (tertiary/aromatic N) is 1. The summed E-state index contributed by atoms with van der Waals surface area (Å²) in [4.78, 5) is 27.3. The summed E-state index contributed by atoms with van der Waals surface area (Å²) in [5.41, 5.74) is 0.447. The topological polar surface area (TPSA) is 67.9 Å². The first-order valence-corrected chi connectivity index (χ1v) is 10.2. The Bertz CT molecular complexity index is 696. The maximum Gasteiger partial charge on any atom is 0.243 e. The number of benzene rings is 1. The second-order valence-electron chi connectivity index (χ2n) is 8.21. The van der Waals surface area contributed by atoms with E-state index < -0.39 is 11.5 Å². The number of rotatable bonds is 7. The summed E-state index contributed by atoms with van der Waals surface area (Å²) in [6.07, 6.45) is 1.56. The predicted octanol–water partition coefficient (Wildman–Crippen LogP) is 3.70. The molecule has 2 unspecified atom stereocenters. The zero-order valence-electron chi connectivity index (χ0n) is 18.0. The second kappa shape index (κ2) is 9.30. The van der Waals surface area contributed by atoms with Gasteiger partial charge in [-0.05, 0) is 51.3 Å². The fourth-order valence-corrected chi connectivity index (χ4v) is 3.44. The van der Waals surface area contributed by atoms with Gasteiger partial charge in [0.05, 0.1) is 19.3 Å². The molecule has 1 fully saturated rings. The Morgan fingerprint density at radius 2 is 1.82 bits per heavy atom. The zero-order chi connectivity index (χ0) is 20.9. The maximum atomic E-state index is 12.9. The Balaban J connectivity index is 2.11. The van der Waals surface area contributed by atoms with Crippen molar-refractivity contribution in [2.45, 2.75) is 66.5 Å². The molecule has 2 atom stereocenters. The molecule has 6 heteroatoms. The van der Waals surface area contributed by atoms with E-state index in [1.807, 2.05) is 59.7 Å². The predicted molar refractivity (Wildman–Crippen MR) is 110 cm³/mol. The highest BCUT2D eigenvalue weighted by molar-refractivity contribution is 5.90. The third-order valence-electron chi connectivity index (χ3n) is 4.88. The van der Waals surface area contributed by atoms with Crippen molar-refractivity contribution in [2.24, 2.45) is 5.41 Å². The highest BCUT2D eigenvalue weighted by Crippen LogP contribution is 2.31. The number of hydrogen-bond acceptors (Lipinski definition) is 4. The first-order valence-electron chi connectivity index (χ1n) is 10.2. The Morgan fingerprint density at radius 3 is 2.43 bits per heavy atom. The number of ether oxygens (including phenoxy) is 2. The molecule has 1 aliphatic rings. The van der Waals surface area contributed by atoms with Gasteiger partial charge in [-0.3, -0.25) is 9.59 Å². The summed E-state index contributed by atoms with van der Waals surface area (Å²) in [6.45, 7) is 13.2. The highest BCUT2D eigenvalue weighted by atomic mass is 16.5. The Morgan fingerprint density at radius 1 is 1.18 bits per heavy atom. The van der Waals surface area contributed by atoms with E-state index >= 15 is 0 Å². The van der Waals surface area contributed by atoms with E-state index in [1.54, 1.807) is 4.90 Å². The molecule has 1 N–H and O–H groups in total. The minimum atomic E-state index is -0.490. The standard InChI is InChI=1S/C22H34N2O4/c1-7-27-18-12-11-16(14-19(18)28-8-2)15(3)23-20(25)17-10-9-13-24(17)21(26)22(4,5)6/h11-12,14-15,17H,7-10,13H2,1-6H3,(H,23,25). The van der Waals surface area contributed by atoms with Gasteiger partial charge in [0.25, 0.3) is 0 Å². The fourth-order valence-electron chi connectivity index (χ4n) is 3.44. The van der Waals surface area contributed by atoms with Gasteiger partial charge in [0.2, 0.25) is 11.8 Å². The van der Waals surface area contributed by atoms with Gasteiger partial charge in [0.15, 0.2) is 11.5 Å². The molecule has 28 heavy (non-hydrogen) atoms. The Labute approximate surface area is 168 Å². The molecule has 1 heterocycles. The number of likely N-dealkylation sites (tertiary alicyclic amines) is 1. The summed E-state index contributed by atoms with van der Waals surface area (Å²) < 4.78 is 11.3. The van der Waals surface area contributed by atoms with Gasteiger partial charge in [-0.1, -0.05) is 26.8 Å². The van der Waals surface area contributed by atoms with Crippen LogP contribution < -0.4 is 14.8 Å². The molecule has 0 spiro atoms. The molecule has 1 aromatic rings. The van der Waals surface area contributed by atoms with Crippen LogP contribution in [0.5, 0.6) is 11.5 Å². The minimum absolute atomic E-state index is 0.0255. The van der Waals surface area contributed by atoms with E-state index in [1.165, 1.54) is 0 Å². The quantitative estimate of drug-likeness (QED) is 0.771. The first-order chi connectivity index (χ1) is 13.2. The molecule has 0 aromatic heterocycles. The zero-order valence-corrected chi connectivity index (χ0v) is 18.0. The molecule has 0 bridgehead atoms. The van der Waals surface area contributed by atoms with Crippen LogP contribution >= 0.6 is 0 Å². The molecule has 6 nitrogen and oxygen atoms in total. The summed E-state index contributed by atoms with van der Waals surface area (Å²) in [5, 5.41) is 3.07. The number of amides is 2. The average molecular weight is 391 g/mol. The van der Waals surface area contributed by atoms with E-state index in [4.69, 9.17) is 9.47 Å². The van der Waals surface area contributed by atoms with Crippen LogP contribution in [0.2, 0.25) is 0 Å². The lowest BCUT2D eigenvalue weighted by Crippen LogP contribution is -2.49. The fraction of sp³-hybridized carbons (Fsp3) is 0.636. The van der Waals surface area contributed by atoms with E-state index in [-0.39, 0.29) is 17.9 Å². The van der Waals surface area contributed by atoms with Crippen molar-refractivity contribution in [3.63, 3.8) is 0 Å². The molecule has 1 saturated heterocycles. The summed E-state index contributed by atoms with van der Waals surface area (Å²) >= 11 is 0. The normalized spacial score (nSPS) is 17.9. The van der Waals surface area contributed by atoms with E-state index in [9.17, 15) is 9.59 Å². The van der Waals surface area contributed by atoms with Gasteiger partial charge in [0, 0.05) is 12.0 Å². The Kier molecular flexibility index (Phi) is 7.33. The second-order valence-corrected chi connectivity index (χ2v) is 8.21. The van der Waals surface area contributed by atoms with Gasteiger partial charge >= 0.3 is 0 Å². The minimum Gasteiger partial charge on any atom is -0.490 e. The molecule has 0 aliphatic carbocycles. The van der Waals surface area contributed by atoms with Gasteiger partial charge < -0.3 is 19.7 Å². The largest absolute Gasteiger partial charge is 0.490 e. The SMILES string of the molecule is CCOc1ccc(C(C)NC(=O)C2CCCN2C(=O)C(C)(C)C)cc1OCC. The van der Waals surface area contributed by atoms with Crippen molar-refractivity contribution in [1.29, 1.82) is 0 Å².